The van der Waals surface area contributed by atoms with Crippen molar-refractivity contribution in [3.05, 3.63) is 36.4 Å². The second-order valence-corrected chi connectivity index (χ2v) is 4.83. The van der Waals surface area contributed by atoms with Gasteiger partial charge in [-0.05, 0) is 18.2 Å². The highest BCUT2D eigenvalue weighted by atomic mass is 32.2. The minimum atomic E-state index is -3.94. The number of rotatable bonds is 5. The first-order valence-electron chi connectivity index (χ1n) is 4.60. The van der Waals surface area contributed by atoms with Crippen LogP contribution >= 0.6 is 0 Å². The van der Waals surface area contributed by atoms with Crippen molar-refractivity contribution in [1.82, 2.24) is 0 Å². The lowest BCUT2D eigenvalue weighted by molar-refractivity contribution is 0.0696. The van der Waals surface area contributed by atoms with Gasteiger partial charge in [-0.3, -0.25) is 0 Å². The molecule has 4 N–H and O–H groups in total. The number of carboxylic acids is 1. The second-order valence-electron chi connectivity index (χ2n) is 3.27. The van der Waals surface area contributed by atoms with Gasteiger partial charge < -0.3 is 10.4 Å². The van der Waals surface area contributed by atoms with E-state index < -0.39 is 16.0 Å². The normalized spacial score (nSPS) is 10.9. The lowest BCUT2D eigenvalue weighted by Gasteiger charge is -2.07. The van der Waals surface area contributed by atoms with Gasteiger partial charge in [0.1, 0.15) is 0 Å². The van der Waals surface area contributed by atoms with E-state index in [0.717, 1.165) is 6.07 Å². The first-order valence-corrected chi connectivity index (χ1v) is 6.15. The van der Waals surface area contributed by atoms with Gasteiger partial charge >= 0.3 is 5.97 Å². The highest BCUT2D eigenvalue weighted by molar-refractivity contribution is 7.89. The predicted molar refractivity (Wildman–Crippen MR) is 63.5 cm³/mol. The molecule has 0 spiro atoms. The number of benzene rings is 1. The monoisotopic (exact) mass is 256 g/mol. The third-order valence-corrected chi connectivity index (χ3v) is 2.83. The summed E-state index contributed by atoms with van der Waals surface area (Å²) in [6, 6.07) is 3.60. The SMILES string of the molecule is C=CCNc1cc(C(=O)O)cc(S(N)(=O)=O)c1. The van der Waals surface area contributed by atoms with E-state index in [-0.39, 0.29) is 10.5 Å². The molecule has 1 aromatic rings. The fourth-order valence-corrected chi connectivity index (χ4v) is 1.76. The number of hydrogen-bond acceptors (Lipinski definition) is 4. The molecule has 0 saturated heterocycles. The van der Waals surface area contributed by atoms with Gasteiger partial charge in [-0.1, -0.05) is 6.08 Å². The Morgan fingerprint density at radius 3 is 2.59 bits per heavy atom. The quantitative estimate of drug-likeness (QED) is 0.669. The molecule has 0 saturated carbocycles. The van der Waals surface area contributed by atoms with Crippen LogP contribution in [0.5, 0.6) is 0 Å². The lowest BCUT2D eigenvalue weighted by Crippen LogP contribution is -2.14. The Kier molecular flexibility index (Phi) is 3.87. The smallest absolute Gasteiger partial charge is 0.335 e. The minimum absolute atomic E-state index is 0.150. The van der Waals surface area contributed by atoms with Crippen LogP contribution in [0.2, 0.25) is 0 Å². The molecule has 0 aliphatic heterocycles. The van der Waals surface area contributed by atoms with Gasteiger partial charge in [0.2, 0.25) is 10.0 Å². The van der Waals surface area contributed by atoms with Gasteiger partial charge in [-0.15, -0.1) is 6.58 Å². The number of carboxylic acid groups (broad SMARTS) is 1. The van der Waals surface area contributed by atoms with Crippen LogP contribution in [-0.2, 0) is 10.0 Å². The molecule has 92 valence electrons. The van der Waals surface area contributed by atoms with Gasteiger partial charge in [0.15, 0.2) is 0 Å². The number of aromatic carboxylic acids is 1. The first kappa shape index (κ1) is 13.2. The Morgan fingerprint density at radius 2 is 2.12 bits per heavy atom. The molecule has 1 aromatic carbocycles. The van der Waals surface area contributed by atoms with Gasteiger partial charge in [0.05, 0.1) is 10.5 Å². The minimum Gasteiger partial charge on any atom is -0.478 e. The maximum Gasteiger partial charge on any atom is 0.335 e. The molecule has 0 atom stereocenters. The van der Waals surface area contributed by atoms with Crippen LogP contribution in [0.15, 0.2) is 35.7 Å². The summed E-state index contributed by atoms with van der Waals surface area (Å²) in [6.07, 6.45) is 1.56. The average molecular weight is 256 g/mol. The molecule has 0 aliphatic carbocycles. The highest BCUT2D eigenvalue weighted by Gasteiger charge is 2.13. The Hall–Kier alpha value is -1.86. The molecule has 7 heteroatoms. The molecule has 0 heterocycles. The molecule has 17 heavy (non-hydrogen) atoms. The number of sulfonamides is 1. The van der Waals surface area contributed by atoms with E-state index in [1.807, 2.05) is 0 Å². The van der Waals surface area contributed by atoms with Gasteiger partial charge in [-0.2, -0.15) is 0 Å². The number of nitrogens with one attached hydrogen (secondary N) is 1. The van der Waals surface area contributed by atoms with E-state index >= 15 is 0 Å². The van der Waals surface area contributed by atoms with Gasteiger partial charge in [0, 0.05) is 12.2 Å². The number of primary sulfonamides is 1. The third-order valence-electron chi connectivity index (χ3n) is 1.93. The zero-order valence-electron chi connectivity index (χ0n) is 8.88. The van der Waals surface area contributed by atoms with Crippen molar-refractivity contribution in [2.24, 2.45) is 5.14 Å². The van der Waals surface area contributed by atoms with Crippen molar-refractivity contribution in [2.45, 2.75) is 4.90 Å². The maximum atomic E-state index is 11.2. The second kappa shape index (κ2) is 4.98. The molecule has 0 fully saturated rings. The van der Waals surface area contributed by atoms with Crippen molar-refractivity contribution >= 4 is 21.7 Å². The van der Waals surface area contributed by atoms with Crippen molar-refractivity contribution in [1.29, 1.82) is 0 Å². The van der Waals surface area contributed by atoms with Crippen molar-refractivity contribution in [3.63, 3.8) is 0 Å². The van der Waals surface area contributed by atoms with Crippen molar-refractivity contribution in [3.8, 4) is 0 Å². The van der Waals surface area contributed by atoms with E-state index in [4.69, 9.17) is 10.2 Å². The molecule has 0 unspecified atom stereocenters. The van der Waals surface area contributed by atoms with Gasteiger partial charge in [0.25, 0.3) is 0 Å². The van der Waals surface area contributed by atoms with E-state index in [2.05, 4.69) is 11.9 Å². The summed E-state index contributed by atoms with van der Waals surface area (Å²) >= 11 is 0. The summed E-state index contributed by atoms with van der Waals surface area (Å²) in [5.74, 6) is -1.22. The molecule has 0 aliphatic rings. The maximum absolute atomic E-state index is 11.2. The molecule has 0 bridgehead atoms. The summed E-state index contributed by atoms with van der Waals surface area (Å²) in [7, 11) is -3.94. The lowest BCUT2D eigenvalue weighted by atomic mass is 10.2. The van der Waals surface area contributed by atoms with Crippen LogP contribution in [-0.4, -0.2) is 26.0 Å². The molecule has 6 nitrogen and oxygen atoms in total. The largest absolute Gasteiger partial charge is 0.478 e. The molecule has 1 rings (SSSR count). The first-order chi connectivity index (χ1) is 7.84. The van der Waals surface area contributed by atoms with Gasteiger partial charge in [-0.25, -0.2) is 18.4 Å². The fraction of sp³-hybridized carbons (Fsp3) is 0.100. The number of carbonyl (C=O) groups is 1. The highest BCUT2D eigenvalue weighted by Crippen LogP contribution is 2.18. The standard InChI is InChI=1S/C10H12N2O4S/c1-2-3-12-8-4-7(10(13)14)5-9(6-8)17(11,15)16/h2,4-6,12H,1,3H2,(H,13,14)(H2,11,15,16). The Morgan fingerprint density at radius 1 is 1.47 bits per heavy atom. The van der Waals surface area contributed by atoms with Crippen LogP contribution in [0, 0.1) is 0 Å². The molecular weight excluding hydrogens is 244 g/mol. The molecule has 0 aromatic heterocycles. The van der Waals surface area contributed by atoms with E-state index in [1.54, 1.807) is 6.08 Å². The zero-order valence-corrected chi connectivity index (χ0v) is 9.70. The van der Waals surface area contributed by atoms with Crippen LogP contribution in [0.25, 0.3) is 0 Å². The van der Waals surface area contributed by atoms with Crippen LogP contribution in [0.3, 0.4) is 0 Å². The summed E-state index contributed by atoms with van der Waals surface area (Å²) in [5.41, 5.74) is 0.205. The number of nitrogens with two attached hydrogens (primary N) is 1. The summed E-state index contributed by atoms with van der Waals surface area (Å²) < 4.78 is 22.3. The summed E-state index contributed by atoms with van der Waals surface area (Å²) in [4.78, 5) is 10.6. The molecule has 0 radical (unpaired) electrons. The topological polar surface area (TPSA) is 109 Å². The number of anilines is 1. The van der Waals surface area contributed by atoms with Crippen molar-refractivity contribution in [2.75, 3.05) is 11.9 Å². The zero-order chi connectivity index (χ0) is 13.1. The van der Waals surface area contributed by atoms with Crippen molar-refractivity contribution < 1.29 is 18.3 Å². The predicted octanol–water partition coefficient (Wildman–Crippen LogP) is 0.630. The summed E-state index contributed by atoms with van der Waals surface area (Å²) in [6.45, 7) is 3.86. The molecular formula is C10H12N2O4S. The Bertz CT molecular complexity index is 551. The summed E-state index contributed by atoms with van der Waals surface area (Å²) in [5, 5.41) is 16.6. The Labute approximate surface area is 98.8 Å². The third kappa shape index (κ3) is 3.58. The van der Waals surface area contributed by atoms with E-state index in [9.17, 15) is 13.2 Å². The Balaban J connectivity index is 3.28. The number of hydrogen-bond donors (Lipinski definition) is 3. The average Bonchev–Trinajstić information content (AvgIpc) is 2.24. The van der Waals surface area contributed by atoms with E-state index in [0.29, 0.717) is 12.2 Å². The fourth-order valence-electron chi connectivity index (χ4n) is 1.18. The molecule has 0 amide bonds. The van der Waals surface area contributed by atoms with Crippen LogP contribution < -0.4 is 10.5 Å². The van der Waals surface area contributed by atoms with Crippen LogP contribution in [0.1, 0.15) is 10.4 Å². The van der Waals surface area contributed by atoms with E-state index in [1.165, 1.54) is 12.1 Å². The van der Waals surface area contributed by atoms with Crippen LogP contribution in [0.4, 0.5) is 5.69 Å².